The molecule has 12 heavy (non-hydrogen) atoms. The quantitative estimate of drug-likeness (QED) is 0.679. The van der Waals surface area contributed by atoms with Crippen molar-refractivity contribution in [3.05, 3.63) is 11.8 Å². The summed E-state index contributed by atoms with van der Waals surface area (Å²) in [6.45, 7) is 0.781. The van der Waals surface area contributed by atoms with Crippen molar-refractivity contribution < 1.29 is 4.21 Å². The first kappa shape index (κ1) is 7.79. The minimum Gasteiger partial charge on any atom is -0.372 e. The fraction of sp³-hybridized carbons (Fsp3) is 0.571. The lowest BCUT2D eigenvalue weighted by Gasteiger charge is -2.11. The second-order valence-electron chi connectivity index (χ2n) is 2.78. The van der Waals surface area contributed by atoms with Crippen LogP contribution in [0.25, 0.3) is 0 Å². The number of aryl methyl sites for hydroxylation is 1. The highest BCUT2D eigenvalue weighted by Gasteiger charge is 2.15. The van der Waals surface area contributed by atoms with E-state index in [-0.39, 0.29) is 0 Å². The fourth-order valence-electron chi connectivity index (χ4n) is 1.31. The molecule has 0 bridgehead atoms. The number of nitrogens with zero attached hydrogens (tertiary/aromatic N) is 2. The van der Waals surface area contributed by atoms with Crippen LogP contribution in [0.15, 0.2) is 6.07 Å². The molecule has 1 atom stereocenters. The lowest BCUT2D eigenvalue weighted by Crippen LogP contribution is -2.19. The van der Waals surface area contributed by atoms with Crippen LogP contribution in [0.5, 0.6) is 0 Å². The second-order valence-corrected chi connectivity index (χ2v) is 4.36. The molecule has 0 aromatic carbocycles. The molecule has 1 aromatic rings. The van der Waals surface area contributed by atoms with E-state index in [9.17, 15) is 4.21 Å². The summed E-state index contributed by atoms with van der Waals surface area (Å²) in [5, 5.41) is 7.24. The molecule has 1 N–H and O–H groups in total. The highest BCUT2D eigenvalue weighted by Crippen LogP contribution is 2.15. The molecule has 1 unspecified atom stereocenters. The number of nitrogens with one attached hydrogen (secondary N) is 1. The van der Waals surface area contributed by atoms with E-state index >= 15 is 0 Å². The van der Waals surface area contributed by atoms with Gasteiger partial charge in [0.15, 0.2) is 0 Å². The molecule has 0 fully saturated rings. The lowest BCUT2D eigenvalue weighted by molar-refractivity contribution is 0.608. The Morgan fingerprint density at radius 2 is 2.58 bits per heavy atom. The molecule has 5 heteroatoms. The zero-order chi connectivity index (χ0) is 8.55. The molecular formula is C7H11N3OS. The molecule has 0 aliphatic carbocycles. The zero-order valence-corrected chi connectivity index (χ0v) is 7.73. The molecule has 1 aliphatic rings. The molecule has 2 heterocycles. The zero-order valence-electron chi connectivity index (χ0n) is 6.91. The van der Waals surface area contributed by atoms with Gasteiger partial charge in [-0.2, -0.15) is 5.10 Å². The van der Waals surface area contributed by atoms with Crippen LogP contribution >= 0.6 is 0 Å². The Hall–Kier alpha value is -0.840. The first-order valence-corrected chi connectivity index (χ1v) is 5.38. The van der Waals surface area contributed by atoms with E-state index in [0.717, 1.165) is 23.8 Å². The van der Waals surface area contributed by atoms with Crippen LogP contribution in [-0.4, -0.2) is 26.8 Å². The molecule has 2 rings (SSSR count). The van der Waals surface area contributed by atoms with Gasteiger partial charge in [-0.1, -0.05) is 0 Å². The van der Waals surface area contributed by atoms with Crippen LogP contribution in [0.3, 0.4) is 0 Å². The molecule has 66 valence electrons. The second kappa shape index (κ2) is 2.90. The average molecular weight is 185 g/mol. The van der Waals surface area contributed by atoms with E-state index < -0.39 is 10.8 Å². The van der Waals surface area contributed by atoms with E-state index in [2.05, 4.69) is 10.4 Å². The Kier molecular flexibility index (Phi) is 1.88. The maximum atomic E-state index is 11.2. The maximum absolute atomic E-state index is 11.2. The van der Waals surface area contributed by atoms with Gasteiger partial charge in [-0.05, 0) is 0 Å². The molecule has 0 amide bonds. The number of aromatic nitrogens is 2. The average Bonchev–Trinajstić information content (AvgIpc) is 2.46. The van der Waals surface area contributed by atoms with Gasteiger partial charge < -0.3 is 5.32 Å². The SMILES string of the molecule is CNc1cc2n(n1)CCS(=O)C2. The third-order valence-corrected chi connectivity index (χ3v) is 3.21. The summed E-state index contributed by atoms with van der Waals surface area (Å²) in [6.07, 6.45) is 0. The Bertz CT molecular complexity index is 320. The minimum absolute atomic E-state index is 0.648. The van der Waals surface area contributed by atoms with Crippen LogP contribution < -0.4 is 5.32 Å². The van der Waals surface area contributed by atoms with Crippen molar-refractivity contribution in [3.63, 3.8) is 0 Å². The maximum Gasteiger partial charge on any atom is 0.148 e. The predicted molar refractivity (Wildman–Crippen MR) is 48.5 cm³/mol. The van der Waals surface area contributed by atoms with Gasteiger partial charge in [0.05, 0.1) is 18.0 Å². The van der Waals surface area contributed by atoms with Crippen molar-refractivity contribution >= 4 is 16.6 Å². The Labute approximate surface area is 73.4 Å². The van der Waals surface area contributed by atoms with Crippen LogP contribution in [0, 0.1) is 0 Å². The van der Waals surface area contributed by atoms with E-state index in [1.165, 1.54) is 0 Å². The predicted octanol–water partition coefficient (Wildman–Crippen LogP) is 0.187. The van der Waals surface area contributed by atoms with E-state index in [1.54, 1.807) is 0 Å². The summed E-state index contributed by atoms with van der Waals surface area (Å²) >= 11 is 0. The Morgan fingerprint density at radius 1 is 1.75 bits per heavy atom. The van der Waals surface area contributed by atoms with Gasteiger partial charge in [0.2, 0.25) is 0 Å². The van der Waals surface area contributed by atoms with Gasteiger partial charge in [-0.3, -0.25) is 8.89 Å². The number of hydrogen-bond donors (Lipinski definition) is 1. The minimum atomic E-state index is -0.679. The standard InChI is InChI=1S/C7H11N3OS/c1-8-7-4-6-5-12(11)3-2-10(6)9-7/h4H,2-3,5H2,1H3,(H,8,9). The summed E-state index contributed by atoms with van der Waals surface area (Å²) in [6, 6.07) is 1.96. The summed E-state index contributed by atoms with van der Waals surface area (Å²) < 4.78 is 13.1. The first-order chi connectivity index (χ1) is 5.79. The molecule has 0 radical (unpaired) electrons. The number of hydrogen-bond acceptors (Lipinski definition) is 3. The fourth-order valence-corrected chi connectivity index (χ4v) is 2.40. The van der Waals surface area contributed by atoms with E-state index in [4.69, 9.17) is 0 Å². The van der Waals surface area contributed by atoms with Crippen molar-refractivity contribution in [3.8, 4) is 0 Å². The first-order valence-electron chi connectivity index (χ1n) is 3.89. The third-order valence-electron chi connectivity index (χ3n) is 1.96. The van der Waals surface area contributed by atoms with Gasteiger partial charge in [-0.15, -0.1) is 0 Å². The van der Waals surface area contributed by atoms with Crippen LogP contribution in [0.1, 0.15) is 5.69 Å². The summed E-state index contributed by atoms with van der Waals surface area (Å²) in [7, 11) is 1.16. The highest BCUT2D eigenvalue weighted by atomic mass is 32.2. The van der Waals surface area contributed by atoms with Crippen molar-refractivity contribution in [2.75, 3.05) is 18.1 Å². The molecule has 1 aliphatic heterocycles. The summed E-state index contributed by atoms with van der Waals surface area (Å²) in [5.41, 5.74) is 1.07. The van der Waals surface area contributed by atoms with Gasteiger partial charge in [0.25, 0.3) is 0 Å². The topological polar surface area (TPSA) is 46.9 Å². The summed E-state index contributed by atoms with van der Waals surface area (Å²) in [5.74, 6) is 2.25. The largest absolute Gasteiger partial charge is 0.372 e. The van der Waals surface area contributed by atoms with Gasteiger partial charge >= 0.3 is 0 Å². The van der Waals surface area contributed by atoms with Crippen LogP contribution in [0.4, 0.5) is 5.82 Å². The molecule has 1 aromatic heterocycles. The molecule has 0 saturated heterocycles. The molecular weight excluding hydrogens is 174 g/mol. The van der Waals surface area contributed by atoms with Gasteiger partial charge in [0.1, 0.15) is 5.82 Å². The number of fused-ring (bicyclic) bond motifs is 1. The van der Waals surface area contributed by atoms with Gasteiger partial charge in [-0.25, -0.2) is 0 Å². The highest BCUT2D eigenvalue weighted by molar-refractivity contribution is 7.84. The van der Waals surface area contributed by atoms with Crippen molar-refractivity contribution in [2.24, 2.45) is 0 Å². The van der Waals surface area contributed by atoms with Crippen molar-refractivity contribution in [2.45, 2.75) is 12.3 Å². The molecule has 0 saturated carbocycles. The van der Waals surface area contributed by atoms with E-state index in [1.807, 2.05) is 17.8 Å². The monoisotopic (exact) mass is 185 g/mol. The van der Waals surface area contributed by atoms with Crippen molar-refractivity contribution in [1.29, 1.82) is 0 Å². The Balaban J connectivity index is 2.34. The van der Waals surface area contributed by atoms with Crippen molar-refractivity contribution in [1.82, 2.24) is 9.78 Å². The third kappa shape index (κ3) is 1.24. The number of anilines is 1. The number of rotatable bonds is 1. The smallest absolute Gasteiger partial charge is 0.148 e. The summed E-state index contributed by atoms with van der Waals surface area (Å²) in [4.78, 5) is 0. The van der Waals surface area contributed by atoms with Gasteiger partial charge in [0, 0.05) is 29.7 Å². The van der Waals surface area contributed by atoms with Crippen LogP contribution in [-0.2, 0) is 23.1 Å². The van der Waals surface area contributed by atoms with Crippen LogP contribution in [0.2, 0.25) is 0 Å². The molecule has 0 spiro atoms. The van der Waals surface area contributed by atoms with E-state index in [0.29, 0.717) is 5.75 Å². The Morgan fingerprint density at radius 3 is 3.33 bits per heavy atom. The molecule has 4 nitrogen and oxygen atoms in total. The lowest BCUT2D eigenvalue weighted by atomic mass is 10.4. The normalized spacial score (nSPS) is 21.9.